The van der Waals surface area contributed by atoms with Gasteiger partial charge in [-0.2, -0.15) is 0 Å². The SMILES string of the molecule is C=C/C=C(\C=N)C1=CC=C(c2ccc(-c3c(C)c(C)c(/C=C(/C)C=C)n3-c3cccc4ccccc34)c(C=C)c2)NC1. The summed E-state index contributed by atoms with van der Waals surface area (Å²) in [7, 11) is 0. The highest BCUT2D eigenvalue weighted by Gasteiger charge is 2.22. The normalized spacial score (nSPS) is 13.7. The Morgan fingerprint density at radius 2 is 1.74 bits per heavy atom. The summed E-state index contributed by atoms with van der Waals surface area (Å²) in [4.78, 5) is 0. The van der Waals surface area contributed by atoms with Gasteiger partial charge in [-0.25, -0.2) is 0 Å². The van der Waals surface area contributed by atoms with Gasteiger partial charge in [0.15, 0.2) is 0 Å². The van der Waals surface area contributed by atoms with Crippen LogP contribution in [0.1, 0.15) is 34.9 Å². The van der Waals surface area contributed by atoms with E-state index in [1.54, 1.807) is 6.08 Å². The second kappa shape index (κ2) is 12.2. The number of benzene rings is 3. The van der Waals surface area contributed by atoms with Crippen molar-refractivity contribution in [2.75, 3.05) is 6.54 Å². The number of aromatic nitrogens is 1. The smallest absolute Gasteiger partial charge is 0.0572 e. The number of dihydropyridines is 1. The zero-order chi connectivity index (χ0) is 29.8. The highest BCUT2D eigenvalue weighted by Crippen LogP contribution is 2.39. The molecule has 0 aliphatic carbocycles. The van der Waals surface area contributed by atoms with Gasteiger partial charge < -0.3 is 15.3 Å². The first-order chi connectivity index (χ1) is 20.4. The zero-order valence-electron chi connectivity index (χ0n) is 24.7. The van der Waals surface area contributed by atoms with Gasteiger partial charge in [0.1, 0.15) is 0 Å². The molecule has 0 atom stereocenters. The molecule has 2 N–H and O–H groups in total. The Hall–Kier alpha value is -5.15. The van der Waals surface area contributed by atoms with Crippen molar-refractivity contribution >= 4 is 34.8 Å². The number of nitrogens with zero attached hydrogens (tertiary/aromatic N) is 1. The summed E-state index contributed by atoms with van der Waals surface area (Å²) in [6.45, 7) is 19.1. The van der Waals surface area contributed by atoms with Crippen LogP contribution in [0.5, 0.6) is 0 Å². The minimum absolute atomic E-state index is 0.645. The number of nitrogens with one attached hydrogen (secondary N) is 2. The van der Waals surface area contributed by atoms with Crippen LogP contribution in [0.25, 0.3) is 45.6 Å². The molecule has 0 saturated heterocycles. The summed E-state index contributed by atoms with van der Waals surface area (Å²) in [6.07, 6.45) is 15.2. The molecular weight excluding hydrogens is 510 g/mol. The van der Waals surface area contributed by atoms with Crippen molar-refractivity contribution in [1.82, 2.24) is 9.88 Å². The Bertz CT molecular complexity index is 1860. The molecule has 0 radical (unpaired) electrons. The maximum atomic E-state index is 7.73. The molecule has 2 heterocycles. The quantitative estimate of drug-likeness (QED) is 0.159. The highest BCUT2D eigenvalue weighted by molar-refractivity contribution is 5.93. The predicted molar refractivity (Wildman–Crippen MR) is 183 cm³/mol. The third kappa shape index (κ3) is 5.17. The molecule has 0 spiro atoms. The monoisotopic (exact) mass is 547 g/mol. The molecule has 0 saturated carbocycles. The predicted octanol–water partition coefficient (Wildman–Crippen LogP) is 9.78. The lowest BCUT2D eigenvalue weighted by atomic mass is 9.95. The van der Waals surface area contributed by atoms with Crippen molar-refractivity contribution in [2.45, 2.75) is 20.8 Å². The molecule has 208 valence electrons. The van der Waals surface area contributed by atoms with Crippen LogP contribution in [0.4, 0.5) is 0 Å². The van der Waals surface area contributed by atoms with Crippen molar-refractivity contribution < 1.29 is 0 Å². The largest absolute Gasteiger partial charge is 0.380 e. The molecule has 0 fully saturated rings. The Labute approximate surface area is 249 Å². The average molecular weight is 548 g/mol. The van der Waals surface area contributed by atoms with Crippen LogP contribution in [0.2, 0.25) is 0 Å². The molecule has 3 heteroatoms. The van der Waals surface area contributed by atoms with Gasteiger partial charge in [0.25, 0.3) is 0 Å². The first kappa shape index (κ1) is 28.4. The Balaban J connectivity index is 1.71. The molecule has 0 amide bonds. The molecule has 3 aromatic carbocycles. The molecule has 1 aliphatic heterocycles. The van der Waals surface area contributed by atoms with Crippen molar-refractivity contribution in [3.05, 3.63) is 155 Å². The third-order valence-electron chi connectivity index (χ3n) is 8.04. The van der Waals surface area contributed by atoms with Crippen LogP contribution < -0.4 is 5.32 Å². The lowest BCUT2D eigenvalue weighted by Crippen LogP contribution is -2.20. The van der Waals surface area contributed by atoms with E-state index in [-0.39, 0.29) is 0 Å². The Morgan fingerprint density at radius 3 is 2.43 bits per heavy atom. The minimum atomic E-state index is 0.645. The highest BCUT2D eigenvalue weighted by atomic mass is 15.0. The van der Waals surface area contributed by atoms with E-state index in [9.17, 15) is 0 Å². The summed E-state index contributed by atoms with van der Waals surface area (Å²) >= 11 is 0. The summed E-state index contributed by atoms with van der Waals surface area (Å²) < 4.78 is 2.40. The molecule has 42 heavy (non-hydrogen) atoms. The van der Waals surface area contributed by atoms with Crippen molar-refractivity contribution in [3.63, 3.8) is 0 Å². The first-order valence-corrected chi connectivity index (χ1v) is 14.2. The first-order valence-electron chi connectivity index (χ1n) is 14.2. The second-order valence-corrected chi connectivity index (χ2v) is 10.5. The number of rotatable bonds is 9. The number of hydrogen-bond donors (Lipinski definition) is 2. The van der Waals surface area contributed by atoms with Crippen LogP contribution in [0, 0.1) is 19.3 Å². The topological polar surface area (TPSA) is 40.8 Å². The van der Waals surface area contributed by atoms with Gasteiger partial charge in [-0.3, -0.25) is 0 Å². The maximum absolute atomic E-state index is 7.73. The van der Waals surface area contributed by atoms with E-state index in [1.807, 2.05) is 18.2 Å². The minimum Gasteiger partial charge on any atom is -0.380 e. The fourth-order valence-electron chi connectivity index (χ4n) is 5.63. The van der Waals surface area contributed by atoms with Gasteiger partial charge in [-0.1, -0.05) is 98.6 Å². The summed E-state index contributed by atoms with van der Waals surface area (Å²) in [5, 5.41) is 13.7. The molecule has 0 bridgehead atoms. The van der Waals surface area contributed by atoms with Crippen molar-refractivity contribution in [3.8, 4) is 16.9 Å². The van der Waals surface area contributed by atoms with E-state index in [1.165, 1.54) is 28.1 Å². The third-order valence-corrected chi connectivity index (χ3v) is 8.04. The number of fused-ring (bicyclic) bond motifs is 1. The molecule has 1 aromatic heterocycles. The molecule has 1 aliphatic rings. The summed E-state index contributed by atoms with van der Waals surface area (Å²) in [5.41, 5.74) is 13.3. The van der Waals surface area contributed by atoms with Crippen LogP contribution >= 0.6 is 0 Å². The maximum Gasteiger partial charge on any atom is 0.0572 e. The lowest BCUT2D eigenvalue weighted by molar-refractivity contribution is 0.957. The van der Waals surface area contributed by atoms with E-state index >= 15 is 0 Å². The standard InChI is InChI=1S/C39H37N3/c1-7-13-32(24-40)33-19-21-36(41-25-33)31-18-20-35(29(9-3)23-31)39-28(6)27(5)38(22-26(4)8-2)42(39)37-17-12-15-30-14-10-11-16-34(30)37/h7-24,40-41H,1-3,25H2,4-6H3/b26-22-,32-13+,40-24?. The van der Waals surface area contributed by atoms with Gasteiger partial charge in [-0.05, 0) is 89.4 Å². The van der Waals surface area contributed by atoms with E-state index in [2.05, 4.69) is 129 Å². The fraction of sp³-hybridized carbons (Fsp3) is 0.103. The number of allylic oxidation sites excluding steroid dienone is 6. The summed E-state index contributed by atoms with van der Waals surface area (Å²) in [6, 6.07) is 21.7. The van der Waals surface area contributed by atoms with E-state index < -0.39 is 0 Å². The van der Waals surface area contributed by atoms with E-state index in [0.717, 1.165) is 56.2 Å². The molecule has 3 nitrogen and oxygen atoms in total. The van der Waals surface area contributed by atoms with Crippen molar-refractivity contribution in [2.24, 2.45) is 0 Å². The van der Waals surface area contributed by atoms with E-state index in [4.69, 9.17) is 5.41 Å². The Morgan fingerprint density at radius 1 is 0.952 bits per heavy atom. The van der Waals surface area contributed by atoms with Crippen LogP contribution in [-0.4, -0.2) is 17.3 Å². The molecular formula is C39H37N3. The summed E-state index contributed by atoms with van der Waals surface area (Å²) in [5.74, 6) is 0. The average Bonchev–Trinajstić information content (AvgIpc) is 3.27. The van der Waals surface area contributed by atoms with Crippen molar-refractivity contribution in [1.29, 1.82) is 5.41 Å². The van der Waals surface area contributed by atoms with Crippen LogP contribution in [-0.2, 0) is 0 Å². The van der Waals surface area contributed by atoms with Gasteiger partial charge in [0.2, 0.25) is 0 Å². The Kier molecular flexibility index (Phi) is 8.21. The van der Waals surface area contributed by atoms with Gasteiger partial charge in [0, 0.05) is 35.1 Å². The van der Waals surface area contributed by atoms with Gasteiger partial charge in [0.05, 0.1) is 11.4 Å². The van der Waals surface area contributed by atoms with Gasteiger partial charge in [-0.15, -0.1) is 0 Å². The number of hydrogen-bond acceptors (Lipinski definition) is 2. The van der Waals surface area contributed by atoms with E-state index in [0.29, 0.717) is 6.54 Å². The lowest BCUT2D eigenvalue weighted by Gasteiger charge is -2.20. The van der Waals surface area contributed by atoms with Crippen LogP contribution in [0.3, 0.4) is 0 Å². The second-order valence-electron chi connectivity index (χ2n) is 10.5. The molecule has 4 aromatic rings. The molecule has 5 rings (SSSR count). The van der Waals surface area contributed by atoms with Gasteiger partial charge >= 0.3 is 0 Å². The van der Waals surface area contributed by atoms with Crippen LogP contribution in [0.15, 0.2) is 127 Å². The molecule has 0 unspecified atom stereocenters. The zero-order valence-corrected chi connectivity index (χ0v) is 24.7. The fourth-order valence-corrected chi connectivity index (χ4v) is 5.63.